The Balaban J connectivity index is 0.730. The highest BCUT2D eigenvalue weighted by molar-refractivity contribution is 5.92. The third kappa shape index (κ3) is 13.6. The molecule has 0 spiro atoms. The fourth-order valence-corrected chi connectivity index (χ4v) is 17.5. The van der Waals surface area contributed by atoms with Crippen LogP contribution < -0.4 is 19.3 Å². The second kappa shape index (κ2) is 31.1. The first-order valence-electron chi connectivity index (χ1n) is 38.6. The predicted octanol–water partition coefficient (Wildman–Crippen LogP) is 29.4. The van der Waals surface area contributed by atoms with Gasteiger partial charge in [0.1, 0.15) is 0 Å². The molecule has 0 saturated carbocycles. The van der Waals surface area contributed by atoms with Crippen molar-refractivity contribution < 1.29 is 9.47 Å². The molecule has 0 radical (unpaired) electrons. The topological polar surface area (TPSA) is 24.9 Å². The lowest BCUT2D eigenvalue weighted by molar-refractivity contribution is 0.398. The highest BCUT2D eigenvalue weighted by Gasteiger charge is 2.44. The molecule has 4 heteroatoms. The lowest BCUT2D eigenvalue weighted by Gasteiger charge is -2.34. The number of benzene rings is 10. The minimum atomic E-state index is 0.0378. The molecule has 2 aliphatic heterocycles. The molecule has 2 heterocycles. The first-order valence-corrected chi connectivity index (χ1v) is 38.6. The van der Waals surface area contributed by atoms with E-state index in [2.05, 4.69) is 256 Å². The zero-order valence-corrected chi connectivity index (χ0v) is 59.3. The van der Waals surface area contributed by atoms with Crippen molar-refractivity contribution in [2.75, 3.05) is 9.80 Å². The Morgan fingerprint density at radius 2 is 0.520 bits per heavy atom. The molecule has 0 aromatic heterocycles. The van der Waals surface area contributed by atoms with Crippen molar-refractivity contribution in [3.05, 3.63) is 241 Å². The van der Waals surface area contributed by atoms with Crippen molar-refractivity contribution in [1.29, 1.82) is 0 Å². The maximum atomic E-state index is 6.88. The fraction of sp³-hybridized carbons (Fsp3) is 0.362. The van der Waals surface area contributed by atoms with Crippen molar-refractivity contribution >= 4 is 34.1 Å². The van der Waals surface area contributed by atoms with Crippen molar-refractivity contribution in [1.82, 2.24) is 0 Å². The number of para-hydroxylation sites is 4. The molecule has 10 aromatic rings. The Labute approximate surface area is 587 Å². The van der Waals surface area contributed by atoms with E-state index in [9.17, 15) is 0 Å². The maximum Gasteiger partial charge on any atom is 0.152 e. The Bertz CT molecular complexity index is 4020. The summed E-state index contributed by atoms with van der Waals surface area (Å²) in [6.45, 7) is 9.29. The van der Waals surface area contributed by atoms with Gasteiger partial charge in [0.15, 0.2) is 23.0 Å². The van der Waals surface area contributed by atoms with Crippen LogP contribution in [0.4, 0.5) is 34.1 Å². The largest absolute Gasteiger partial charge is 0.453 e. The van der Waals surface area contributed by atoms with Crippen LogP contribution in [0.15, 0.2) is 218 Å². The number of hydrogen-bond acceptors (Lipinski definition) is 4. The van der Waals surface area contributed by atoms with Gasteiger partial charge in [-0.25, -0.2) is 0 Å². The van der Waals surface area contributed by atoms with Gasteiger partial charge in [-0.3, -0.25) is 0 Å². The summed E-state index contributed by atoms with van der Waals surface area (Å²) in [5.41, 5.74) is 25.5. The Kier molecular flexibility index (Phi) is 21.1. The van der Waals surface area contributed by atoms with Gasteiger partial charge in [-0.2, -0.15) is 0 Å². The van der Waals surface area contributed by atoms with Crippen LogP contribution in [0.3, 0.4) is 0 Å². The first-order chi connectivity index (χ1) is 48.4. The molecule has 0 amide bonds. The first kappa shape index (κ1) is 66.6. The van der Waals surface area contributed by atoms with Crippen LogP contribution in [-0.4, -0.2) is 0 Å². The summed E-state index contributed by atoms with van der Waals surface area (Å²) in [5, 5.41) is 0. The van der Waals surface area contributed by atoms with E-state index in [0.29, 0.717) is 0 Å². The van der Waals surface area contributed by atoms with E-state index in [1.165, 1.54) is 224 Å². The molecule has 0 unspecified atom stereocenters. The summed E-state index contributed by atoms with van der Waals surface area (Å²) < 4.78 is 13.8. The average molecular weight is 1290 g/mol. The van der Waals surface area contributed by atoms with E-state index in [0.717, 1.165) is 68.2 Å². The molecule has 4 nitrogen and oxygen atoms in total. The minimum absolute atomic E-state index is 0.0378. The fourth-order valence-electron chi connectivity index (χ4n) is 17.5. The SMILES string of the molecule is CCCCCCCCC1(CCCCCCCC)c2ccccc2-c2ccc(-c3ccc(N4c5ccccc5Oc5cc(-c6ccc7c(c6)Oc6ccccc6N7c6ccc(-c7ccc8c(c7)C(CCCCCCCC)(CCCCCCCC)c7ccccc7-8)cc6)ccc54)cc3)cc21. The molecular weight excluding hydrogens is 1190 g/mol. The Morgan fingerprint density at radius 3 is 0.898 bits per heavy atom. The van der Waals surface area contributed by atoms with Gasteiger partial charge in [0, 0.05) is 22.2 Å². The van der Waals surface area contributed by atoms with Gasteiger partial charge in [-0.1, -0.05) is 315 Å². The molecule has 0 N–H and O–H groups in total. The van der Waals surface area contributed by atoms with Crippen LogP contribution >= 0.6 is 0 Å². The average Bonchev–Trinajstić information content (AvgIpc) is 1.58. The van der Waals surface area contributed by atoms with Crippen LogP contribution in [0, 0.1) is 0 Å². The van der Waals surface area contributed by atoms with Gasteiger partial charge in [-0.05, 0) is 189 Å². The van der Waals surface area contributed by atoms with Crippen LogP contribution in [0.5, 0.6) is 23.0 Å². The second-order valence-corrected chi connectivity index (χ2v) is 29.1. The highest BCUT2D eigenvalue weighted by Crippen LogP contribution is 2.59. The number of anilines is 6. The van der Waals surface area contributed by atoms with Crippen molar-refractivity contribution in [3.8, 4) is 78.6 Å². The van der Waals surface area contributed by atoms with E-state index in [-0.39, 0.29) is 10.8 Å². The number of fused-ring (bicyclic) bond motifs is 10. The molecule has 4 aliphatic rings. The monoisotopic (exact) mass is 1290 g/mol. The number of hydrogen-bond donors (Lipinski definition) is 0. The summed E-state index contributed by atoms with van der Waals surface area (Å²) in [6.07, 6.45) is 36.5. The molecule has 0 bridgehead atoms. The summed E-state index contributed by atoms with van der Waals surface area (Å²) in [5.74, 6) is 3.30. The molecule has 502 valence electrons. The van der Waals surface area contributed by atoms with E-state index in [4.69, 9.17) is 9.47 Å². The standard InChI is InChI=1S/C94H104N2O2/c1-5-9-13-17-21-33-61-93(62-34-22-18-14-10-6-2)81-39-27-25-37-77(81)79-57-49-71(65-83(79)93)69-45-53-75(54-46-69)95-85-41-29-31-43-89(85)97-91-67-73(51-59-87(91)95)74-52-60-88-92(68-74)98-90-44-32-30-42-86(90)96(88)76-55-47-70(48-56-76)72-50-58-80-78-38-26-28-40-82(78)94(84(80)66-72,63-35-23-19-15-11-7-3)64-36-24-20-16-12-8-4/h25-32,37-60,65-68H,5-24,33-36,61-64H2,1-4H3. The lowest BCUT2D eigenvalue weighted by atomic mass is 9.70. The number of nitrogens with zero attached hydrogens (tertiary/aromatic N) is 2. The molecule has 0 atom stereocenters. The highest BCUT2D eigenvalue weighted by atomic mass is 16.5. The predicted molar refractivity (Wildman–Crippen MR) is 417 cm³/mol. The normalized spacial score (nSPS) is 13.9. The zero-order chi connectivity index (χ0) is 66.7. The van der Waals surface area contributed by atoms with E-state index in [1.54, 1.807) is 22.3 Å². The van der Waals surface area contributed by atoms with Gasteiger partial charge >= 0.3 is 0 Å². The van der Waals surface area contributed by atoms with Crippen LogP contribution in [0.25, 0.3) is 55.6 Å². The zero-order valence-electron chi connectivity index (χ0n) is 59.3. The van der Waals surface area contributed by atoms with Gasteiger partial charge in [0.05, 0.1) is 22.7 Å². The maximum absolute atomic E-state index is 6.88. The van der Waals surface area contributed by atoms with Gasteiger partial charge in [0.2, 0.25) is 0 Å². The molecule has 14 rings (SSSR count). The van der Waals surface area contributed by atoms with Gasteiger partial charge < -0.3 is 19.3 Å². The van der Waals surface area contributed by atoms with Gasteiger partial charge in [0.25, 0.3) is 0 Å². The Hall–Kier alpha value is -8.60. The third-order valence-electron chi connectivity index (χ3n) is 22.7. The van der Waals surface area contributed by atoms with E-state index < -0.39 is 0 Å². The van der Waals surface area contributed by atoms with E-state index >= 15 is 0 Å². The second-order valence-electron chi connectivity index (χ2n) is 29.1. The number of unbranched alkanes of at least 4 members (excludes halogenated alkanes) is 20. The third-order valence-corrected chi connectivity index (χ3v) is 22.7. The lowest BCUT2D eigenvalue weighted by Crippen LogP contribution is -2.25. The van der Waals surface area contributed by atoms with Crippen molar-refractivity contribution in [2.24, 2.45) is 0 Å². The molecule has 98 heavy (non-hydrogen) atoms. The molecular formula is C94H104N2O2. The van der Waals surface area contributed by atoms with Crippen molar-refractivity contribution in [3.63, 3.8) is 0 Å². The summed E-state index contributed by atoms with van der Waals surface area (Å²) in [4.78, 5) is 4.74. The molecule has 0 fully saturated rings. The molecule has 2 aliphatic carbocycles. The number of ether oxygens (including phenoxy) is 2. The molecule has 10 aromatic carbocycles. The van der Waals surface area contributed by atoms with Crippen molar-refractivity contribution in [2.45, 2.75) is 218 Å². The van der Waals surface area contributed by atoms with Gasteiger partial charge in [-0.15, -0.1) is 0 Å². The Morgan fingerprint density at radius 1 is 0.235 bits per heavy atom. The van der Waals surface area contributed by atoms with Crippen LogP contribution in [0.2, 0.25) is 0 Å². The van der Waals surface area contributed by atoms with E-state index in [1.807, 2.05) is 0 Å². The summed E-state index contributed by atoms with van der Waals surface area (Å²) in [6, 6.07) is 82.5. The summed E-state index contributed by atoms with van der Waals surface area (Å²) in [7, 11) is 0. The quantitative estimate of drug-likeness (QED) is 0.0383. The number of rotatable bonds is 33. The smallest absolute Gasteiger partial charge is 0.152 e. The van der Waals surface area contributed by atoms with Crippen LogP contribution in [0.1, 0.15) is 230 Å². The minimum Gasteiger partial charge on any atom is -0.453 e. The molecule has 0 saturated heterocycles. The van der Waals surface area contributed by atoms with Crippen LogP contribution in [-0.2, 0) is 10.8 Å². The summed E-state index contributed by atoms with van der Waals surface area (Å²) >= 11 is 0.